The molecule has 1 spiro atoms. The molecule has 0 fully saturated rings. The molecule has 9 heteroatoms. The van der Waals surface area contributed by atoms with Crippen molar-refractivity contribution in [3.05, 3.63) is 130 Å². The number of ketones is 2. The molecule has 2 aliphatic heterocycles. The highest BCUT2D eigenvalue weighted by molar-refractivity contribution is 6.60. The topological polar surface area (TPSA) is 89.5 Å². The summed E-state index contributed by atoms with van der Waals surface area (Å²) in [6.45, 7) is 5.35. The van der Waals surface area contributed by atoms with Gasteiger partial charge in [-0.3, -0.25) is 9.59 Å². The number of carbonyl (C=O) groups is 2. The van der Waals surface area contributed by atoms with Crippen LogP contribution < -0.4 is 28.1 Å². The summed E-state index contributed by atoms with van der Waals surface area (Å²) < 4.78 is 40.2. The van der Waals surface area contributed by atoms with Crippen molar-refractivity contribution in [2.24, 2.45) is 0 Å². The Bertz CT molecular complexity index is 3090. The zero-order valence-electron chi connectivity index (χ0n) is 33.2. The molecule has 2 aliphatic carbocycles. The molecule has 8 aromatic carbocycles. The molecular formula is C50H36BO8-. The number of fused-ring (bicyclic) bond motifs is 8. The lowest BCUT2D eigenvalue weighted by atomic mass is 9.77. The van der Waals surface area contributed by atoms with Gasteiger partial charge in [0.15, 0.2) is 11.6 Å². The number of methoxy groups -OCH3 is 2. The lowest BCUT2D eigenvalue weighted by molar-refractivity contribution is 0.102. The lowest BCUT2D eigenvalue weighted by Gasteiger charge is -2.48. The molecule has 0 saturated heterocycles. The average molecular weight is 776 g/mol. The Labute approximate surface area is 339 Å². The summed E-state index contributed by atoms with van der Waals surface area (Å²) >= 11 is 0. The number of ether oxygens (including phenoxy) is 2. The molecule has 2 heterocycles. The smallest absolute Gasteiger partial charge is 0.611 e. The van der Waals surface area contributed by atoms with Gasteiger partial charge in [-0.05, 0) is 80.9 Å². The third-order valence-corrected chi connectivity index (χ3v) is 12.7. The number of benzene rings is 8. The van der Waals surface area contributed by atoms with Gasteiger partial charge in [0.1, 0.15) is 11.5 Å². The quantitative estimate of drug-likeness (QED) is 0.129. The van der Waals surface area contributed by atoms with Crippen LogP contribution >= 0.6 is 0 Å². The molecular weight excluding hydrogens is 739 g/mol. The molecule has 12 rings (SSSR count). The second kappa shape index (κ2) is 11.6. The van der Waals surface area contributed by atoms with Crippen molar-refractivity contribution in [2.45, 2.75) is 39.5 Å². The van der Waals surface area contributed by atoms with Crippen molar-refractivity contribution in [3.8, 4) is 56.8 Å². The highest BCUT2D eigenvalue weighted by Gasteiger charge is 2.51. The van der Waals surface area contributed by atoms with Gasteiger partial charge in [-0.15, -0.1) is 0 Å². The summed E-state index contributed by atoms with van der Waals surface area (Å²) in [5.41, 5.74) is 7.02. The van der Waals surface area contributed by atoms with Gasteiger partial charge >= 0.3 is 6.96 Å². The molecule has 0 saturated carbocycles. The van der Waals surface area contributed by atoms with E-state index in [0.29, 0.717) is 67.9 Å². The maximum atomic E-state index is 14.5. The summed E-state index contributed by atoms with van der Waals surface area (Å²) in [4.78, 5) is 29.1. The fourth-order valence-corrected chi connectivity index (χ4v) is 10.0. The molecule has 0 atom stereocenters. The van der Waals surface area contributed by atoms with Crippen molar-refractivity contribution in [1.82, 2.24) is 0 Å². The predicted molar refractivity (Wildman–Crippen MR) is 230 cm³/mol. The van der Waals surface area contributed by atoms with Crippen molar-refractivity contribution in [1.29, 1.82) is 0 Å². The van der Waals surface area contributed by atoms with Gasteiger partial charge in [-0.2, -0.15) is 0 Å². The first-order valence-corrected chi connectivity index (χ1v) is 20.1. The third-order valence-electron chi connectivity index (χ3n) is 12.7. The Kier molecular flexibility index (Phi) is 6.68. The van der Waals surface area contributed by atoms with Crippen LogP contribution in [-0.2, 0) is 0 Å². The number of hydrogen-bond donors (Lipinski definition) is 0. The van der Waals surface area contributed by atoms with Crippen molar-refractivity contribution < 1.29 is 37.7 Å². The summed E-state index contributed by atoms with van der Waals surface area (Å²) in [6, 6.07) is 31.5. The summed E-state index contributed by atoms with van der Waals surface area (Å²) in [7, 11) is 3.20. The van der Waals surface area contributed by atoms with Gasteiger partial charge in [-0.25, -0.2) is 0 Å². The first kappa shape index (κ1) is 34.1. The number of rotatable bonds is 4. The van der Waals surface area contributed by atoms with Crippen LogP contribution in [0.15, 0.2) is 97.1 Å². The third kappa shape index (κ3) is 4.29. The Hall–Kier alpha value is -7.00. The van der Waals surface area contributed by atoms with Crippen molar-refractivity contribution >= 4 is 61.6 Å². The zero-order chi connectivity index (χ0) is 40.2. The molecule has 0 unspecified atom stereocenters. The maximum absolute atomic E-state index is 14.5. The average Bonchev–Trinajstić information content (AvgIpc) is 3.24. The molecule has 59 heavy (non-hydrogen) atoms. The van der Waals surface area contributed by atoms with E-state index in [9.17, 15) is 9.59 Å². The fourth-order valence-electron chi connectivity index (χ4n) is 10.0. The van der Waals surface area contributed by atoms with Gasteiger partial charge < -0.3 is 28.1 Å². The minimum Gasteiger partial charge on any atom is -0.611 e. The maximum Gasteiger partial charge on any atom is 0.777 e. The van der Waals surface area contributed by atoms with E-state index in [-0.39, 0.29) is 23.4 Å². The van der Waals surface area contributed by atoms with E-state index in [4.69, 9.17) is 28.1 Å². The predicted octanol–water partition coefficient (Wildman–Crippen LogP) is 11.7. The number of carbonyl (C=O) groups excluding carboxylic acids is 2. The molecule has 288 valence electrons. The van der Waals surface area contributed by atoms with E-state index >= 15 is 0 Å². The monoisotopic (exact) mass is 775 g/mol. The van der Waals surface area contributed by atoms with Crippen LogP contribution in [0.5, 0.6) is 34.5 Å². The minimum atomic E-state index is -3.13. The largest absolute Gasteiger partial charge is 0.777 e. The molecule has 0 amide bonds. The molecule has 0 aromatic heterocycles. The van der Waals surface area contributed by atoms with Crippen LogP contribution in [0.2, 0.25) is 0 Å². The van der Waals surface area contributed by atoms with Gasteiger partial charge in [0, 0.05) is 44.2 Å². The van der Waals surface area contributed by atoms with Crippen LogP contribution in [0.1, 0.15) is 82.5 Å². The summed E-state index contributed by atoms with van der Waals surface area (Å²) in [6.07, 6.45) is 0. The molecule has 0 N–H and O–H groups in total. The summed E-state index contributed by atoms with van der Waals surface area (Å²) in [5, 5.41) is 6.61. The molecule has 8 aromatic rings. The molecule has 4 aliphatic rings. The highest BCUT2D eigenvalue weighted by atomic mass is 16.9. The van der Waals surface area contributed by atoms with E-state index in [1.807, 2.05) is 84.9 Å². The van der Waals surface area contributed by atoms with Crippen molar-refractivity contribution in [2.75, 3.05) is 14.2 Å². The fraction of sp³-hybridized carbons (Fsp3) is 0.160. The Balaban J connectivity index is 1.17. The first-order chi connectivity index (χ1) is 28.6. The SMILES string of the molecule is COc1cc(C(C)C)cc2c1C(=O)c1cccc3c1c-2c1c2c(cccc23)O[B-]2(Oc3cccc4c3c(c3c5c(cccc54)C(=O)c4c(OC)cc(C(C)C)cc4-3)O2)O1. The molecule has 0 radical (unpaired) electrons. The second-order valence-corrected chi connectivity index (χ2v) is 16.5. The van der Waals surface area contributed by atoms with Crippen molar-refractivity contribution in [3.63, 3.8) is 0 Å². The van der Waals surface area contributed by atoms with Crippen LogP contribution in [0.4, 0.5) is 0 Å². The van der Waals surface area contributed by atoms with E-state index < -0.39 is 6.96 Å². The van der Waals surface area contributed by atoms with E-state index in [0.717, 1.165) is 65.3 Å². The van der Waals surface area contributed by atoms with E-state index in [2.05, 4.69) is 39.8 Å². The Morgan fingerprint density at radius 1 is 0.458 bits per heavy atom. The Morgan fingerprint density at radius 3 is 1.24 bits per heavy atom. The number of hydrogen-bond acceptors (Lipinski definition) is 8. The minimum absolute atomic E-state index is 0.114. The summed E-state index contributed by atoms with van der Waals surface area (Å²) in [5.74, 6) is 3.08. The standard InChI is InChI=1S/C50H36BO8/c1-23(2)25-19-33-41(37(21-25)54-5)47(52)31-15-7-11-27-29-13-9-17-35-43(29)49(45(33)39(27)31)58-51(56-35)57-36-18-10-14-30-28-12-8-16-32-40(28)46(50(59-51)44(30)36)34-20-26(24(3)4)22-38(55-6)42(34)48(32)53/h7-24H,1-6H3/q-1. The van der Waals surface area contributed by atoms with Crippen LogP contribution in [0.25, 0.3) is 65.3 Å². The normalized spacial score (nSPS) is 15.0. The molecule has 0 bridgehead atoms. The van der Waals surface area contributed by atoms with Gasteiger partial charge in [0.2, 0.25) is 0 Å². The van der Waals surface area contributed by atoms with Crippen LogP contribution in [0.3, 0.4) is 0 Å². The van der Waals surface area contributed by atoms with Crippen LogP contribution in [0, 0.1) is 0 Å². The molecule has 8 nitrogen and oxygen atoms in total. The second-order valence-electron chi connectivity index (χ2n) is 16.5. The highest BCUT2D eigenvalue weighted by Crippen LogP contribution is 2.59. The van der Waals surface area contributed by atoms with Gasteiger partial charge in [-0.1, -0.05) is 88.4 Å². The van der Waals surface area contributed by atoms with E-state index in [1.165, 1.54) is 0 Å². The first-order valence-electron chi connectivity index (χ1n) is 20.1. The zero-order valence-corrected chi connectivity index (χ0v) is 33.2. The lowest BCUT2D eigenvalue weighted by Crippen LogP contribution is -2.62. The van der Waals surface area contributed by atoms with Gasteiger partial charge in [0.05, 0.1) is 59.1 Å². The van der Waals surface area contributed by atoms with Gasteiger partial charge in [0.25, 0.3) is 0 Å². The van der Waals surface area contributed by atoms with Crippen LogP contribution in [-0.4, -0.2) is 32.7 Å². The van der Waals surface area contributed by atoms with E-state index in [1.54, 1.807) is 14.2 Å². The Morgan fingerprint density at radius 2 is 0.847 bits per heavy atom.